The van der Waals surface area contributed by atoms with E-state index in [0.717, 1.165) is 22.1 Å². The standard InChI is InChI=1S/C21H16N4O3S/c1-28-20-10-9-14-5-2-3-8-17(14)18(20)12-22-24-21-23-19(13-29-21)15-6-4-7-16(11-15)25(26)27/h2-13H,1H3,(H,23,24)/b22-12+. The molecule has 3 aromatic carbocycles. The highest BCUT2D eigenvalue weighted by atomic mass is 32.1. The van der Waals surface area contributed by atoms with Crippen molar-refractivity contribution in [3.8, 4) is 17.0 Å². The van der Waals surface area contributed by atoms with Gasteiger partial charge in [-0.2, -0.15) is 5.10 Å². The zero-order valence-corrected chi connectivity index (χ0v) is 16.2. The SMILES string of the molecule is COc1ccc2ccccc2c1/C=N/Nc1nc(-c2cccc([N+](=O)[O-])c2)cs1. The number of aromatic nitrogens is 1. The molecular formula is C21H16N4O3S. The van der Waals surface area contributed by atoms with E-state index in [2.05, 4.69) is 15.5 Å². The fourth-order valence-electron chi connectivity index (χ4n) is 2.98. The first-order valence-corrected chi connectivity index (χ1v) is 9.59. The van der Waals surface area contributed by atoms with Gasteiger partial charge in [0.1, 0.15) is 5.75 Å². The summed E-state index contributed by atoms with van der Waals surface area (Å²) in [6.07, 6.45) is 1.70. The number of hydrogen-bond acceptors (Lipinski definition) is 7. The number of ether oxygens (including phenoxy) is 1. The average molecular weight is 404 g/mol. The summed E-state index contributed by atoms with van der Waals surface area (Å²) in [5, 5.41) is 19.8. The fourth-order valence-corrected chi connectivity index (χ4v) is 3.64. The van der Waals surface area contributed by atoms with Crippen molar-refractivity contribution in [2.45, 2.75) is 0 Å². The zero-order valence-electron chi connectivity index (χ0n) is 15.4. The number of fused-ring (bicyclic) bond motifs is 1. The van der Waals surface area contributed by atoms with Gasteiger partial charge in [0.2, 0.25) is 5.13 Å². The summed E-state index contributed by atoms with van der Waals surface area (Å²) < 4.78 is 5.46. The number of nitro benzene ring substituents is 1. The van der Waals surface area contributed by atoms with Crippen LogP contribution in [0.25, 0.3) is 22.0 Å². The highest BCUT2D eigenvalue weighted by molar-refractivity contribution is 7.14. The molecule has 0 aliphatic heterocycles. The minimum Gasteiger partial charge on any atom is -0.496 e. The Morgan fingerprint density at radius 1 is 1.17 bits per heavy atom. The predicted molar refractivity (Wildman–Crippen MR) is 116 cm³/mol. The van der Waals surface area contributed by atoms with Crippen LogP contribution in [-0.4, -0.2) is 23.2 Å². The summed E-state index contributed by atoms with van der Waals surface area (Å²) in [6.45, 7) is 0. The maximum atomic E-state index is 11.0. The van der Waals surface area contributed by atoms with Crippen LogP contribution in [0.3, 0.4) is 0 Å². The van der Waals surface area contributed by atoms with Crippen LogP contribution in [0.15, 0.2) is 71.1 Å². The Balaban J connectivity index is 1.57. The van der Waals surface area contributed by atoms with Gasteiger partial charge in [0.25, 0.3) is 5.69 Å². The molecule has 29 heavy (non-hydrogen) atoms. The molecule has 4 aromatic rings. The molecule has 0 spiro atoms. The van der Waals surface area contributed by atoms with Crippen LogP contribution in [0, 0.1) is 10.1 Å². The third-order valence-corrected chi connectivity index (χ3v) is 5.11. The van der Waals surface area contributed by atoms with Gasteiger partial charge in [-0.1, -0.05) is 42.5 Å². The van der Waals surface area contributed by atoms with E-state index in [1.54, 1.807) is 25.5 Å². The van der Waals surface area contributed by atoms with Crippen LogP contribution in [0.5, 0.6) is 5.75 Å². The molecule has 1 N–H and O–H groups in total. The Morgan fingerprint density at radius 3 is 2.86 bits per heavy atom. The van der Waals surface area contributed by atoms with Gasteiger partial charge in [-0.3, -0.25) is 15.5 Å². The fraction of sp³-hybridized carbons (Fsp3) is 0.0476. The molecule has 0 saturated heterocycles. The van der Waals surface area contributed by atoms with Crippen molar-refractivity contribution in [2.75, 3.05) is 12.5 Å². The number of hydrogen-bond donors (Lipinski definition) is 1. The lowest BCUT2D eigenvalue weighted by atomic mass is 10.0. The topological polar surface area (TPSA) is 89.7 Å². The normalized spacial score (nSPS) is 11.1. The molecule has 0 fully saturated rings. The van der Waals surface area contributed by atoms with Gasteiger partial charge in [0.05, 0.1) is 23.9 Å². The predicted octanol–water partition coefficient (Wildman–Crippen LogP) is 5.33. The summed E-state index contributed by atoms with van der Waals surface area (Å²) in [4.78, 5) is 15.0. The number of non-ortho nitro benzene ring substituents is 1. The maximum Gasteiger partial charge on any atom is 0.270 e. The van der Waals surface area contributed by atoms with Crippen molar-refractivity contribution in [3.63, 3.8) is 0 Å². The number of hydrazone groups is 1. The summed E-state index contributed by atoms with van der Waals surface area (Å²) in [6, 6.07) is 18.3. The maximum absolute atomic E-state index is 11.0. The number of anilines is 1. The van der Waals surface area contributed by atoms with Crippen molar-refractivity contribution in [2.24, 2.45) is 5.10 Å². The van der Waals surface area contributed by atoms with Crippen LogP contribution < -0.4 is 10.2 Å². The first-order chi connectivity index (χ1) is 14.2. The average Bonchev–Trinajstić information content (AvgIpc) is 3.23. The molecule has 0 aliphatic carbocycles. The Bertz CT molecular complexity index is 1220. The molecule has 0 unspecified atom stereocenters. The molecule has 1 aromatic heterocycles. The number of rotatable bonds is 6. The quantitative estimate of drug-likeness (QED) is 0.267. The first kappa shape index (κ1) is 18.6. The highest BCUT2D eigenvalue weighted by Gasteiger charge is 2.10. The van der Waals surface area contributed by atoms with Crippen molar-refractivity contribution < 1.29 is 9.66 Å². The van der Waals surface area contributed by atoms with Crippen LogP contribution in [0.4, 0.5) is 10.8 Å². The molecule has 0 bridgehead atoms. The van der Waals surface area contributed by atoms with Gasteiger partial charge in [-0.15, -0.1) is 11.3 Å². The molecule has 144 valence electrons. The molecular weight excluding hydrogens is 388 g/mol. The second-order valence-electron chi connectivity index (χ2n) is 6.12. The summed E-state index contributed by atoms with van der Waals surface area (Å²) in [5.74, 6) is 0.727. The largest absolute Gasteiger partial charge is 0.496 e. The molecule has 4 rings (SSSR count). The monoisotopic (exact) mass is 404 g/mol. The van der Waals surface area contributed by atoms with Gasteiger partial charge in [-0.25, -0.2) is 4.98 Å². The number of benzene rings is 3. The molecule has 0 saturated carbocycles. The van der Waals surface area contributed by atoms with E-state index in [1.165, 1.54) is 23.5 Å². The van der Waals surface area contributed by atoms with E-state index in [1.807, 2.05) is 41.8 Å². The van der Waals surface area contributed by atoms with E-state index in [-0.39, 0.29) is 5.69 Å². The second kappa shape index (κ2) is 8.07. The number of nitro groups is 1. The van der Waals surface area contributed by atoms with E-state index in [9.17, 15) is 10.1 Å². The number of nitrogens with one attached hydrogen (secondary N) is 1. The Kier molecular flexibility index (Phi) is 5.17. The Labute approximate surface area is 170 Å². The van der Waals surface area contributed by atoms with Gasteiger partial charge >= 0.3 is 0 Å². The van der Waals surface area contributed by atoms with E-state index in [4.69, 9.17) is 4.74 Å². The third kappa shape index (κ3) is 3.92. The molecule has 0 amide bonds. The van der Waals surface area contributed by atoms with Crippen LogP contribution in [0.2, 0.25) is 0 Å². The summed E-state index contributed by atoms with van der Waals surface area (Å²) >= 11 is 1.37. The zero-order chi connectivity index (χ0) is 20.2. The second-order valence-corrected chi connectivity index (χ2v) is 6.98. The van der Waals surface area contributed by atoms with Gasteiger partial charge in [-0.05, 0) is 16.8 Å². The summed E-state index contributed by atoms with van der Waals surface area (Å²) in [7, 11) is 1.63. The van der Waals surface area contributed by atoms with Crippen LogP contribution in [-0.2, 0) is 0 Å². The lowest BCUT2D eigenvalue weighted by Gasteiger charge is -2.08. The van der Waals surface area contributed by atoms with Crippen LogP contribution in [0.1, 0.15) is 5.56 Å². The smallest absolute Gasteiger partial charge is 0.270 e. The molecule has 7 nitrogen and oxygen atoms in total. The van der Waals surface area contributed by atoms with Gasteiger partial charge < -0.3 is 4.74 Å². The van der Waals surface area contributed by atoms with Gasteiger partial charge in [0, 0.05) is 28.6 Å². The van der Waals surface area contributed by atoms with E-state index < -0.39 is 4.92 Å². The molecule has 8 heteroatoms. The molecule has 0 aliphatic rings. The summed E-state index contributed by atoms with van der Waals surface area (Å²) in [5.41, 5.74) is 5.16. The van der Waals surface area contributed by atoms with Crippen molar-refractivity contribution >= 4 is 39.1 Å². The van der Waals surface area contributed by atoms with E-state index >= 15 is 0 Å². The lowest BCUT2D eigenvalue weighted by molar-refractivity contribution is -0.384. The lowest BCUT2D eigenvalue weighted by Crippen LogP contribution is -1.95. The number of nitrogens with zero attached hydrogens (tertiary/aromatic N) is 3. The van der Waals surface area contributed by atoms with Crippen molar-refractivity contribution in [1.82, 2.24) is 4.98 Å². The van der Waals surface area contributed by atoms with Crippen LogP contribution >= 0.6 is 11.3 Å². The first-order valence-electron chi connectivity index (χ1n) is 8.71. The minimum atomic E-state index is -0.420. The van der Waals surface area contributed by atoms with E-state index in [0.29, 0.717) is 16.4 Å². The third-order valence-electron chi connectivity index (χ3n) is 4.36. The molecule has 0 radical (unpaired) electrons. The molecule has 1 heterocycles. The van der Waals surface area contributed by atoms with Crippen molar-refractivity contribution in [1.29, 1.82) is 0 Å². The Morgan fingerprint density at radius 2 is 2.03 bits per heavy atom. The number of thiazole rings is 1. The van der Waals surface area contributed by atoms with Crippen molar-refractivity contribution in [3.05, 3.63) is 81.7 Å². The van der Waals surface area contributed by atoms with Gasteiger partial charge in [0.15, 0.2) is 0 Å². The molecule has 0 atom stereocenters. The number of methoxy groups -OCH3 is 1. The minimum absolute atomic E-state index is 0.0334. The highest BCUT2D eigenvalue weighted by Crippen LogP contribution is 2.28. The Hall–Kier alpha value is -3.78.